The van der Waals surface area contributed by atoms with Crippen molar-refractivity contribution in [2.75, 3.05) is 25.6 Å². The minimum atomic E-state index is -3.65. The maximum atomic E-state index is 13.1. The number of benzene rings is 1. The van der Waals surface area contributed by atoms with E-state index in [0.717, 1.165) is 5.56 Å². The minimum absolute atomic E-state index is 0.0394. The number of aliphatic hydroxyl groups excluding tert-OH is 1. The Morgan fingerprint density at radius 1 is 1.12 bits per heavy atom. The van der Waals surface area contributed by atoms with E-state index >= 15 is 0 Å². The summed E-state index contributed by atoms with van der Waals surface area (Å²) in [6.07, 6.45) is 0.173. The molecule has 0 aliphatic carbocycles. The largest absolute Gasteiger partial charge is 0.396 e. The highest BCUT2D eigenvalue weighted by molar-refractivity contribution is 7.62. The van der Waals surface area contributed by atoms with Crippen LogP contribution in [-0.4, -0.2) is 34.9 Å². The molecule has 1 aromatic carbocycles. The molecule has 0 saturated carbocycles. The van der Waals surface area contributed by atoms with Crippen molar-refractivity contribution in [3.8, 4) is 11.4 Å². The summed E-state index contributed by atoms with van der Waals surface area (Å²) in [7, 11) is -3.65. The number of aliphatic hydroxyl groups is 1. The number of rotatable bonds is 8. The van der Waals surface area contributed by atoms with E-state index in [-0.39, 0.29) is 37.4 Å². The molecule has 0 fully saturated rings. The van der Waals surface area contributed by atoms with Gasteiger partial charge in [-0.05, 0) is 13.8 Å². The Kier molecular flexibility index (Phi) is 6.45. The van der Waals surface area contributed by atoms with Gasteiger partial charge in [-0.15, -0.1) is 0 Å². The lowest BCUT2D eigenvalue weighted by Crippen LogP contribution is -2.24. The van der Waals surface area contributed by atoms with Crippen molar-refractivity contribution in [2.24, 2.45) is 0 Å². The van der Waals surface area contributed by atoms with Crippen molar-refractivity contribution in [1.82, 2.24) is 9.97 Å². The first kappa shape index (κ1) is 18.5. The molecule has 24 heavy (non-hydrogen) atoms. The van der Waals surface area contributed by atoms with Crippen LogP contribution >= 0.6 is 7.60 Å². The first-order chi connectivity index (χ1) is 11.6. The molecule has 0 unspecified atom stereocenters. The summed E-state index contributed by atoms with van der Waals surface area (Å²) in [6, 6.07) is 9.30. The molecule has 0 radical (unpaired) electrons. The molecule has 0 aliphatic rings. The number of anilines is 1. The van der Waals surface area contributed by atoms with E-state index in [1.807, 2.05) is 30.3 Å². The molecule has 0 bridgehead atoms. The summed E-state index contributed by atoms with van der Waals surface area (Å²) in [4.78, 5) is 8.71. The summed E-state index contributed by atoms with van der Waals surface area (Å²) < 4.78 is 23.8. The predicted octanol–water partition coefficient (Wildman–Crippen LogP) is 2.15. The third kappa shape index (κ3) is 3.99. The van der Waals surface area contributed by atoms with Crippen molar-refractivity contribution >= 4 is 18.7 Å². The van der Waals surface area contributed by atoms with E-state index in [9.17, 15) is 9.67 Å². The second kappa shape index (κ2) is 8.35. The quantitative estimate of drug-likeness (QED) is 0.702. The van der Waals surface area contributed by atoms with Crippen molar-refractivity contribution in [1.29, 1.82) is 0 Å². The average Bonchev–Trinajstić information content (AvgIpc) is 2.56. The SMILES string of the molecule is CCOP(=O)(OCC)c1c(N)nc(-c2ccccc2)nc1CCO. The summed E-state index contributed by atoms with van der Waals surface area (Å²) in [5, 5.41) is 9.49. The summed E-state index contributed by atoms with van der Waals surface area (Å²) in [6.45, 7) is 3.64. The number of nitrogens with zero attached hydrogens (tertiary/aromatic N) is 2. The van der Waals surface area contributed by atoms with Gasteiger partial charge in [-0.2, -0.15) is 0 Å². The number of nitrogens with two attached hydrogens (primary N) is 1. The molecule has 0 spiro atoms. The number of hydrogen-bond donors (Lipinski definition) is 2. The molecule has 0 atom stereocenters. The van der Waals surface area contributed by atoms with E-state index in [2.05, 4.69) is 9.97 Å². The fraction of sp³-hybridized carbons (Fsp3) is 0.375. The molecule has 0 aliphatic heterocycles. The topological polar surface area (TPSA) is 108 Å². The monoisotopic (exact) mass is 351 g/mol. The first-order valence-corrected chi connectivity index (χ1v) is 9.32. The van der Waals surface area contributed by atoms with Gasteiger partial charge in [0.15, 0.2) is 5.82 Å². The molecule has 1 heterocycles. The van der Waals surface area contributed by atoms with Crippen LogP contribution in [0, 0.1) is 0 Å². The Morgan fingerprint density at radius 3 is 2.29 bits per heavy atom. The fourth-order valence-electron chi connectivity index (χ4n) is 2.32. The fourth-order valence-corrected chi connectivity index (χ4v) is 4.14. The molecule has 1 aromatic heterocycles. The molecule has 0 amide bonds. The Hall–Kier alpha value is -1.79. The van der Waals surface area contributed by atoms with Gasteiger partial charge in [0.2, 0.25) is 0 Å². The van der Waals surface area contributed by atoms with Crippen LogP contribution in [0.1, 0.15) is 19.5 Å². The van der Waals surface area contributed by atoms with Crippen molar-refractivity contribution in [2.45, 2.75) is 20.3 Å². The molecule has 8 heteroatoms. The lowest BCUT2D eigenvalue weighted by Gasteiger charge is -2.21. The van der Waals surface area contributed by atoms with E-state index in [4.69, 9.17) is 14.8 Å². The van der Waals surface area contributed by atoms with E-state index in [1.54, 1.807) is 13.8 Å². The van der Waals surface area contributed by atoms with Crippen LogP contribution in [0.3, 0.4) is 0 Å². The standard InChI is InChI=1S/C16H22N3O4P/c1-3-22-24(21,23-4-2)14-13(10-11-20)18-16(19-15(14)17)12-8-6-5-7-9-12/h5-9,20H,3-4,10-11H2,1-2H3,(H2,17,18,19). The van der Waals surface area contributed by atoms with Crippen molar-refractivity contribution in [3.63, 3.8) is 0 Å². The van der Waals surface area contributed by atoms with Crippen LogP contribution in [0.25, 0.3) is 11.4 Å². The second-order valence-corrected chi connectivity index (χ2v) is 6.86. The Bertz CT molecular complexity index is 715. The summed E-state index contributed by atoms with van der Waals surface area (Å²) >= 11 is 0. The highest BCUT2D eigenvalue weighted by atomic mass is 31.2. The zero-order chi connectivity index (χ0) is 17.6. The van der Waals surface area contributed by atoms with Crippen LogP contribution in [0.4, 0.5) is 5.82 Å². The second-order valence-electron chi connectivity index (χ2n) is 4.90. The molecule has 2 aromatic rings. The molecule has 0 saturated heterocycles. The summed E-state index contributed by atoms with van der Waals surface area (Å²) in [5.41, 5.74) is 7.22. The lowest BCUT2D eigenvalue weighted by molar-refractivity contribution is 0.229. The van der Waals surface area contributed by atoms with Crippen molar-refractivity contribution in [3.05, 3.63) is 36.0 Å². The third-order valence-corrected chi connectivity index (χ3v) is 5.47. The number of aromatic nitrogens is 2. The van der Waals surface area contributed by atoms with E-state index < -0.39 is 7.60 Å². The highest BCUT2D eigenvalue weighted by Gasteiger charge is 2.34. The zero-order valence-electron chi connectivity index (χ0n) is 13.8. The normalized spacial score (nSPS) is 11.6. The maximum absolute atomic E-state index is 13.1. The van der Waals surface area contributed by atoms with Gasteiger partial charge in [0.1, 0.15) is 11.1 Å². The molecule has 130 valence electrons. The van der Waals surface area contributed by atoms with Gasteiger partial charge in [0.05, 0.1) is 18.9 Å². The smallest absolute Gasteiger partial charge is 0.366 e. The van der Waals surface area contributed by atoms with E-state index in [0.29, 0.717) is 11.5 Å². The van der Waals surface area contributed by atoms with E-state index in [1.165, 1.54) is 0 Å². The number of hydrogen-bond acceptors (Lipinski definition) is 7. The molecular weight excluding hydrogens is 329 g/mol. The predicted molar refractivity (Wildman–Crippen MR) is 93.2 cm³/mol. The van der Waals surface area contributed by atoms with Crippen molar-refractivity contribution < 1.29 is 18.7 Å². The lowest BCUT2D eigenvalue weighted by atomic mass is 10.2. The Balaban J connectivity index is 2.61. The van der Waals surface area contributed by atoms with Gasteiger partial charge in [0.25, 0.3) is 0 Å². The van der Waals surface area contributed by atoms with Crippen LogP contribution in [0.5, 0.6) is 0 Å². The Morgan fingerprint density at radius 2 is 1.75 bits per heavy atom. The van der Waals surface area contributed by atoms with Gasteiger partial charge in [-0.1, -0.05) is 30.3 Å². The van der Waals surface area contributed by atoms with Crippen LogP contribution in [-0.2, 0) is 20.0 Å². The van der Waals surface area contributed by atoms with Gasteiger partial charge in [0, 0.05) is 18.6 Å². The van der Waals surface area contributed by atoms with Gasteiger partial charge in [-0.3, -0.25) is 4.57 Å². The summed E-state index contributed by atoms with van der Waals surface area (Å²) in [5.74, 6) is 0.442. The highest BCUT2D eigenvalue weighted by Crippen LogP contribution is 2.49. The molecule has 7 nitrogen and oxygen atoms in total. The minimum Gasteiger partial charge on any atom is -0.396 e. The average molecular weight is 351 g/mol. The van der Waals surface area contributed by atoms with Gasteiger partial charge >= 0.3 is 7.60 Å². The molecular formula is C16H22N3O4P. The number of nitrogen functional groups attached to an aromatic ring is 1. The third-order valence-electron chi connectivity index (χ3n) is 3.24. The van der Waals surface area contributed by atoms with Gasteiger partial charge in [-0.25, -0.2) is 9.97 Å². The van der Waals surface area contributed by atoms with Crippen LogP contribution in [0.15, 0.2) is 30.3 Å². The zero-order valence-corrected chi connectivity index (χ0v) is 14.7. The molecule has 3 N–H and O–H groups in total. The maximum Gasteiger partial charge on any atom is 0.366 e. The first-order valence-electron chi connectivity index (χ1n) is 7.78. The molecule has 2 rings (SSSR count). The van der Waals surface area contributed by atoms with Gasteiger partial charge < -0.3 is 19.9 Å². The Labute approximate surface area is 141 Å². The van der Waals surface area contributed by atoms with Crippen LogP contribution < -0.4 is 11.0 Å². The van der Waals surface area contributed by atoms with Crippen LogP contribution in [0.2, 0.25) is 0 Å².